The van der Waals surface area contributed by atoms with Gasteiger partial charge in [0.2, 0.25) is 5.91 Å². The van der Waals surface area contributed by atoms with Gasteiger partial charge in [0, 0.05) is 40.9 Å². The molecule has 1 fully saturated rings. The Morgan fingerprint density at radius 1 is 1.33 bits per heavy atom. The predicted molar refractivity (Wildman–Crippen MR) is 108 cm³/mol. The molecule has 7 heteroatoms. The molecule has 0 spiro atoms. The fraction of sp³-hybridized carbons (Fsp3) is 0.450. The summed E-state index contributed by atoms with van der Waals surface area (Å²) in [6.45, 7) is 5.66. The van der Waals surface area contributed by atoms with Crippen LogP contribution in [0.5, 0.6) is 0 Å². The van der Waals surface area contributed by atoms with E-state index < -0.39 is 0 Å². The maximum absolute atomic E-state index is 12.6. The highest BCUT2D eigenvalue weighted by Crippen LogP contribution is 2.31. The van der Waals surface area contributed by atoms with Crippen LogP contribution in [0.1, 0.15) is 53.7 Å². The average molecular weight is 406 g/mol. The summed E-state index contributed by atoms with van der Waals surface area (Å²) in [5.74, 6) is 0.419. The van der Waals surface area contributed by atoms with Gasteiger partial charge in [-0.05, 0) is 31.0 Å². The number of carbonyl (C=O) groups is 2. The second kappa shape index (κ2) is 8.85. The molecule has 0 unspecified atom stereocenters. The van der Waals surface area contributed by atoms with Gasteiger partial charge in [-0.15, -0.1) is 11.3 Å². The Hall–Kier alpha value is -1.92. The van der Waals surface area contributed by atoms with Crippen LogP contribution in [-0.4, -0.2) is 34.8 Å². The van der Waals surface area contributed by atoms with E-state index in [9.17, 15) is 9.59 Å². The average Bonchev–Trinajstić information content (AvgIpc) is 3.14. The molecule has 0 radical (unpaired) electrons. The maximum Gasteiger partial charge on any atom is 0.253 e. The Labute approximate surface area is 168 Å². The molecule has 2 amide bonds. The van der Waals surface area contributed by atoms with Gasteiger partial charge in [-0.2, -0.15) is 0 Å². The summed E-state index contributed by atoms with van der Waals surface area (Å²) in [6, 6.07) is 7.10. The molecule has 1 aliphatic heterocycles. The number of thiazole rings is 1. The van der Waals surface area contributed by atoms with Crippen LogP contribution in [0.2, 0.25) is 5.02 Å². The van der Waals surface area contributed by atoms with Crippen LogP contribution in [0.15, 0.2) is 29.6 Å². The van der Waals surface area contributed by atoms with E-state index in [0.717, 1.165) is 36.6 Å². The number of halogens is 1. The molecule has 144 valence electrons. The highest BCUT2D eigenvalue weighted by atomic mass is 35.5. The Bertz CT molecular complexity index is 813. The zero-order valence-electron chi connectivity index (χ0n) is 15.6. The maximum atomic E-state index is 12.6. The lowest BCUT2D eigenvalue weighted by Gasteiger charge is -2.31. The highest BCUT2D eigenvalue weighted by molar-refractivity contribution is 7.09. The lowest BCUT2D eigenvalue weighted by molar-refractivity contribution is -0.124. The van der Waals surface area contributed by atoms with Gasteiger partial charge in [0.25, 0.3) is 5.91 Å². The van der Waals surface area contributed by atoms with Crippen LogP contribution < -0.4 is 5.32 Å². The zero-order valence-corrected chi connectivity index (χ0v) is 17.1. The summed E-state index contributed by atoms with van der Waals surface area (Å²) in [4.78, 5) is 30.9. The number of nitrogens with zero attached hydrogens (tertiary/aromatic N) is 2. The van der Waals surface area contributed by atoms with Gasteiger partial charge >= 0.3 is 0 Å². The molecule has 2 heterocycles. The van der Waals surface area contributed by atoms with Crippen molar-refractivity contribution < 1.29 is 9.59 Å². The Morgan fingerprint density at radius 2 is 2.07 bits per heavy atom. The Kier molecular flexibility index (Phi) is 6.50. The first-order valence-corrected chi connectivity index (χ1v) is 10.5. The number of amides is 2. The Balaban J connectivity index is 1.53. The molecule has 27 heavy (non-hydrogen) atoms. The van der Waals surface area contributed by atoms with Crippen LogP contribution in [0.25, 0.3) is 0 Å². The number of benzene rings is 1. The standard InChI is InChI=1S/C20H24ClN3O2S/c1-13(2)18(25)22-11-17-12-27-19(23-17)14-6-8-24(9-7-14)20(26)15-4-3-5-16(21)10-15/h3-5,10,12-14H,6-9,11H2,1-2H3,(H,22,25). The van der Waals surface area contributed by atoms with Crippen molar-refractivity contribution in [2.45, 2.75) is 39.2 Å². The molecule has 1 aromatic heterocycles. The topological polar surface area (TPSA) is 62.3 Å². The molecule has 1 aromatic carbocycles. The largest absolute Gasteiger partial charge is 0.350 e. The fourth-order valence-electron chi connectivity index (χ4n) is 3.11. The van der Waals surface area contributed by atoms with Crippen LogP contribution >= 0.6 is 22.9 Å². The number of piperidine rings is 1. The first kappa shape index (κ1) is 19.8. The van der Waals surface area contributed by atoms with Crippen molar-refractivity contribution in [2.75, 3.05) is 13.1 Å². The summed E-state index contributed by atoms with van der Waals surface area (Å²) < 4.78 is 0. The number of aromatic nitrogens is 1. The van der Waals surface area contributed by atoms with Crippen molar-refractivity contribution in [3.05, 3.63) is 50.9 Å². The quantitative estimate of drug-likeness (QED) is 0.814. The summed E-state index contributed by atoms with van der Waals surface area (Å²) in [7, 11) is 0. The monoisotopic (exact) mass is 405 g/mol. The van der Waals surface area contributed by atoms with E-state index in [2.05, 4.69) is 10.3 Å². The lowest BCUT2D eigenvalue weighted by Crippen LogP contribution is -2.37. The van der Waals surface area contributed by atoms with Crippen molar-refractivity contribution in [1.82, 2.24) is 15.2 Å². The number of nitrogens with one attached hydrogen (secondary N) is 1. The van der Waals surface area contributed by atoms with Crippen molar-refractivity contribution in [1.29, 1.82) is 0 Å². The fourth-order valence-corrected chi connectivity index (χ4v) is 4.29. The third-order valence-corrected chi connectivity index (χ3v) is 6.03. The number of hydrogen-bond donors (Lipinski definition) is 1. The zero-order chi connectivity index (χ0) is 19.4. The third-order valence-electron chi connectivity index (χ3n) is 4.74. The summed E-state index contributed by atoms with van der Waals surface area (Å²) >= 11 is 7.63. The normalized spacial score (nSPS) is 15.2. The second-order valence-electron chi connectivity index (χ2n) is 7.13. The van der Waals surface area contributed by atoms with Gasteiger partial charge in [0.1, 0.15) is 0 Å². The lowest BCUT2D eigenvalue weighted by atomic mass is 9.97. The smallest absolute Gasteiger partial charge is 0.253 e. The van der Waals surface area contributed by atoms with Crippen LogP contribution in [0.3, 0.4) is 0 Å². The Morgan fingerprint density at radius 3 is 2.74 bits per heavy atom. The second-order valence-corrected chi connectivity index (χ2v) is 8.45. The van der Waals surface area contributed by atoms with Crippen LogP contribution in [-0.2, 0) is 11.3 Å². The van der Waals surface area contributed by atoms with E-state index in [1.54, 1.807) is 35.6 Å². The van der Waals surface area contributed by atoms with Gasteiger partial charge < -0.3 is 10.2 Å². The first-order valence-electron chi connectivity index (χ1n) is 9.21. The van der Waals surface area contributed by atoms with E-state index >= 15 is 0 Å². The van der Waals surface area contributed by atoms with Crippen molar-refractivity contribution >= 4 is 34.8 Å². The number of rotatable bonds is 5. The van der Waals surface area contributed by atoms with Gasteiger partial charge in [-0.3, -0.25) is 9.59 Å². The molecule has 1 N–H and O–H groups in total. The highest BCUT2D eigenvalue weighted by Gasteiger charge is 2.26. The molecule has 2 aromatic rings. The third kappa shape index (κ3) is 5.08. The number of likely N-dealkylation sites (tertiary alicyclic amines) is 1. The molecule has 0 bridgehead atoms. The minimum absolute atomic E-state index is 0.0236. The molecule has 0 atom stereocenters. The summed E-state index contributed by atoms with van der Waals surface area (Å²) in [5, 5.41) is 6.59. The molecular formula is C20H24ClN3O2S. The van der Waals surface area contributed by atoms with Crippen molar-refractivity contribution in [3.63, 3.8) is 0 Å². The van der Waals surface area contributed by atoms with Crippen LogP contribution in [0, 0.1) is 5.92 Å². The molecule has 1 aliphatic rings. The molecule has 0 aliphatic carbocycles. The number of carbonyl (C=O) groups excluding carboxylic acids is 2. The molecule has 0 saturated carbocycles. The summed E-state index contributed by atoms with van der Waals surface area (Å²) in [6.07, 6.45) is 1.80. The van der Waals surface area contributed by atoms with E-state index in [0.29, 0.717) is 23.0 Å². The van der Waals surface area contributed by atoms with E-state index in [4.69, 9.17) is 11.6 Å². The molecule has 5 nitrogen and oxygen atoms in total. The molecule has 1 saturated heterocycles. The van der Waals surface area contributed by atoms with Gasteiger partial charge in [0.05, 0.1) is 17.2 Å². The predicted octanol–water partition coefficient (Wildman–Crippen LogP) is 4.09. The van der Waals surface area contributed by atoms with E-state index in [1.165, 1.54) is 0 Å². The van der Waals surface area contributed by atoms with E-state index in [1.807, 2.05) is 24.1 Å². The first-order chi connectivity index (χ1) is 12.9. The minimum Gasteiger partial charge on any atom is -0.350 e. The van der Waals surface area contributed by atoms with Gasteiger partial charge in [0.15, 0.2) is 0 Å². The van der Waals surface area contributed by atoms with Gasteiger partial charge in [-0.1, -0.05) is 31.5 Å². The number of hydrogen-bond acceptors (Lipinski definition) is 4. The molecular weight excluding hydrogens is 382 g/mol. The molecule has 3 rings (SSSR count). The van der Waals surface area contributed by atoms with Gasteiger partial charge in [-0.25, -0.2) is 4.98 Å². The SMILES string of the molecule is CC(C)C(=O)NCc1csc(C2CCN(C(=O)c3cccc(Cl)c3)CC2)n1. The van der Waals surface area contributed by atoms with Crippen molar-refractivity contribution in [2.24, 2.45) is 5.92 Å². The summed E-state index contributed by atoms with van der Waals surface area (Å²) in [5.41, 5.74) is 1.54. The van der Waals surface area contributed by atoms with Crippen LogP contribution in [0.4, 0.5) is 0 Å². The van der Waals surface area contributed by atoms with E-state index in [-0.39, 0.29) is 17.7 Å². The minimum atomic E-state index is -0.0236. The van der Waals surface area contributed by atoms with Crippen molar-refractivity contribution in [3.8, 4) is 0 Å².